The summed E-state index contributed by atoms with van der Waals surface area (Å²) in [4.78, 5) is 25.9. The summed E-state index contributed by atoms with van der Waals surface area (Å²) in [6.07, 6.45) is 14.8. The Morgan fingerprint density at radius 2 is 1.86 bits per heavy atom. The third-order valence-corrected chi connectivity index (χ3v) is 8.48. The maximum absolute atomic E-state index is 13.0. The van der Waals surface area contributed by atoms with Crippen molar-refractivity contribution in [3.8, 4) is 0 Å². The number of anilines is 1. The highest BCUT2D eigenvalue weighted by Gasteiger charge is 2.41. The molecule has 5 rings (SSSR count). The number of carbonyl (C=O) groups excluding carboxylic acids is 1. The molecular formula is C27H37ClN6O. The highest BCUT2D eigenvalue weighted by molar-refractivity contribution is 6.31. The number of benzene rings is 1. The number of hydrogen-bond donors (Lipinski definition) is 2. The normalized spacial score (nSPS) is 26.1. The van der Waals surface area contributed by atoms with Gasteiger partial charge in [0.15, 0.2) is 0 Å². The lowest BCUT2D eigenvalue weighted by atomic mass is 9.84. The molecule has 7 nitrogen and oxygen atoms in total. The molecule has 35 heavy (non-hydrogen) atoms. The maximum atomic E-state index is 13.0. The molecule has 0 spiro atoms. The summed E-state index contributed by atoms with van der Waals surface area (Å²) in [6, 6.07) is 5.73. The highest BCUT2D eigenvalue weighted by atomic mass is 35.5. The first kappa shape index (κ1) is 24.3. The smallest absolute Gasteiger partial charge is 0.251 e. The molecule has 3 atom stereocenters. The summed E-state index contributed by atoms with van der Waals surface area (Å²) in [7, 11) is 1.76. The summed E-state index contributed by atoms with van der Waals surface area (Å²) < 4.78 is 0. The van der Waals surface area contributed by atoms with E-state index in [0.29, 0.717) is 22.9 Å². The fourth-order valence-corrected chi connectivity index (χ4v) is 6.46. The number of amides is 1. The Kier molecular flexibility index (Phi) is 7.42. The van der Waals surface area contributed by atoms with Crippen molar-refractivity contribution in [1.29, 1.82) is 5.41 Å². The van der Waals surface area contributed by atoms with Crippen LogP contribution in [0.3, 0.4) is 0 Å². The Balaban J connectivity index is 1.21. The second-order valence-corrected chi connectivity index (χ2v) is 11.2. The van der Waals surface area contributed by atoms with Crippen LogP contribution in [0.5, 0.6) is 0 Å². The fourth-order valence-electron chi connectivity index (χ4n) is 6.29. The monoisotopic (exact) mass is 496 g/mol. The van der Waals surface area contributed by atoms with Gasteiger partial charge in [0.25, 0.3) is 5.91 Å². The van der Waals surface area contributed by atoms with Crippen molar-refractivity contribution < 1.29 is 4.79 Å². The van der Waals surface area contributed by atoms with E-state index in [1.54, 1.807) is 18.1 Å². The molecule has 2 saturated carbocycles. The second-order valence-electron chi connectivity index (χ2n) is 10.7. The second kappa shape index (κ2) is 10.7. The summed E-state index contributed by atoms with van der Waals surface area (Å²) in [5.41, 5.74) is 1.63. The molecule has 2 N–H and O–H groups in total. The van der Waals surface area contributed by atoms with Gasteiger partial charge in [0.2, 0.25) is 5.96 Å². The molecule has 0 bridgehead atoms. The average Bonchev–Trinajstić information content (AvgIpc) is 3.07. The van der Waals surface area contributed by atoms with Crippen LogP contribution in [0.4, 0.5) is 5.82 Å². The van der Waals surface area contributed by atoms with Gasteiger partial charge in [-0.2, -0.15) is 0 Å². The lowest BCUT2D eigenvalue weighted by molar-refractivity contribution is -0.127. The zero-order chi connectivity index (χ0) is 24.4. The van der Waals surface area contributed by atoms with Crippen molar-refractivity contribution in [1.82, 2.24) is 19.8 Å². The average molecular weight is 497 g/mol. The fraction of sp³-hybridized carbons (Fsp3) is 0.630. The molecule has 0 radical (unpaired) electrons. The van der Waals surface area contributed by atoms with Crippen molar-refractivity contribution >= 4 is 40.3 Å². The minimum atomic E-state index is -0.166. The van der Waals surface area contributed by atoms with Crippen LogP contribution >= 0.6 is 11.6 Å². The van der Waals surface area contributed by atoms with Gasteiger partial charge < -0.3 is 10.2 Å². The molecule has 1 aromatic carbocycles. The van der Waals surface area contributed by atoms with Gasteiger partial charge in [-0.15, -0.1) is 0 Å². The zero-order valence-corrected chi connectivity index (χ0v) is 21.4. The van der Waals surface area contributed by atoms with Crippen molar-refractivity contribution in [2.24, 2.45) is 11.8 Å². The van der Waals surface area contributed by atoms with E-state index in [0.717, 1.165) is 67.8 Å². The molecule has 1 amide bonds. The lowest BCUT2D eigenvalue weighted by Gasteiger charge is -2.34. The third kappa shape index (κ3) is 5.55. The summed E-state index contributed by atoms with van der Waals surface area (Å²) in [5.74, 6) is 2.46. The van der Waals surface area contributed by atoms with E-state index in [1.165, 1.54) is 32.1 Å². The van der Waals surface area contributed by atoms with E-state index >= 15 is 0 Å². The first-order valence-corrected chi connectivity index (χ1v) is 13.7. The summed E-state index contributed by atoms with van der Waals surface area (Å²) >= 11 is 6.07. The van der Waals surface area contributed by atoms with Crippen LogP contribution in [-0.4, -0.2) is 57.3 Å². The van der Waals surface area contributed by atoms with Crippen LogP contribution in [0.25, 0.3) is 11.0 Å². The lowest BCUT2D eigenvalue weighted by Crippen LogP contribution is -2.41. The van der Waals surface area contributed by atoms with Crippen LogP contribution in [0.2, 0.25) is 5.02 Å². The Morgan fingerprint density at radius 3 is 2.69 bits per heavy atom. The number of likely N-dealkylation sites (N-methyl/N-ethyl adjacent to an activating group) is 1. The van der Waals surface area contributed by atoms with Crippen LogP contribution in [-0.2, 0) is 4.79 Å². The Labute approximate surface area is 213 Å². The van der Waals surface area contributed by atoms with Gasteiger partial charge in [-0.3, -0.25) is 20.1 Å². The van der Waals surface area contributed by atoms with Crippen molar-refractivity contribution in [2.75, 3.05) is 18.9 Å². The quantitative estimate of drug-likeness (QED) is 0.514. The number of rotatable bonds is 7. The molecule has 8 heteroatoms. The molecule has 1 saturated heterocycles. The van der Waals surface area contributed by atoms with E-state index in [1.807, 2.05) is 18.2 Å². The SMILES string of the molecule is CN1C(=N)N(C[C@H]2CCC[C@@H](Nc3cnc4cc(Cl)ccc4n3)C2)[C@@H](CCC2CCCCC2)C1=O. The van der Waals surface area contributed by atoms with E-state index in [9.17, 15) is 4.79 Å². The minimum Gasteiger partial charge on any atom is -0.366 e. The number of nitrogens with zero attached hydrogens (tertiary/aromatic N) is 4. The van der Waals surface area contributed by atoms with E-state index in [4.69, 9.17) is 22.0 Å². The number of halogens is 1. The molecule has 1 aromatic heterocycles. The van der Waals surface area contributed by atoms with Crippen molar-refractivity contribution in [3.05, 3.63) is 29.4 Å². The molecule has 188 valence electrons. The first-order valence-electron chi connectivity index (χ1n) is 13.3. The molecule has 3 fully saturated rings. The number of aromatic nitrogens is 2. The number of fused-ring (bicyclic) bond motifs is 1. The van der Waals surface area contributed by atoms with Crippen molar-refractivity contribution in [3.63, 3.8) is 0 Å². The van der Waals surface area contributed by atoms with Gasteiger partial charge in [-0.05, 0) is 62.1 Å². The predicted molar refractivity (Wildman–Crippen MR) is 141 cm³/mol. The summed E-state index contributed by atoms with van der Waals surface area (Å²) in [5, 5.41) is 12.9. The molecule has 1 aliphatic heterocycles. The van der Waals surface area contributed by atoms with Gasteiger partial charge in [-0.25, -0.2) is 4.98 Å². The number of carbonyl (C=O) groups is 1. The van der Waals surface area contributed by atoms with E-state index < -0.39 is 0 Å². The van der Waals surface area contributed by atoms with E-state index in [-0.39, 0.29) is 11.9 Å². The Hall–Kier alpha value is -2.41. The molecular weight excluding hydrogens is 460 g/mol. The number of hydrogen-bond acceptors (Lipinski definition) is 5. The first-order chi connectivity index (χ1) is 17.0. The van der Waals surface area contributed by atoms with Gasteiger partial charge >= 0.3 is 0 Å². The third-order valence-electron chi connectivity index (χ3n) is 8.25. The van der Waals surface area contributed by atoms with Gasteiger partial charge in [0, 0.05) is 24.7 Å². The molecule has 2 aromatic rings. The zero-order valence-electron chi connectivity index (χ0n) is 20.7. The topological polar surface area (TPSA) is 85.2 Å². The van der Waals surface area contributed by atoms with Crippen LogP contribution in [0, 0.1) is 17.2 Å². The van der Waals surface area contributed by atoms with Crippen LogP contribution in [0.15, 0.2) is 24.4 Å². The molecule has 0 unspecified atom stereocenters. The van der Waals surface area contributed by atoms with E-state index in [2.05, 4.69) is 15.2 Å². The Bertz CT molecular complexity index is 1070. The highest BCUT2D eigenvalue weighted by Crippen LogP contribution is 2.33. The van der Waals surface area contributed by atoms with Gasteiger partial charge in [0.1, 0.15) is 11.9 Å². The van der Waals surface area contributed by atoms with Crippen LogP contribution in [0.1, 0.15) is 70.6 Å². The van der Waals surface area contributed by atoms with Crippen molar-refractivity contribution in [2.45, 2.75) is 82.7 Å². The molecule has 2 heterocycles. The largest absolute Gasteiger partial charge is 0.366 e. The van der Waals surface area contributed by atoms with Gasteiger partial charge in [0.05, 0.1) is 17.2 Å². The number of guanidine groups is 1. The number of nitrogens with one attached hydrogen (secondary N) is 2. The maximum Gasteiger partial charge on any atom is 0.251 e. The molecule has 3 aliphatic rings. The summed E-state index contributed by atoms with van der Waals surface area (Å²) in [6.45, 7) is 0.782. The minimum absolute atomic E-state index is 0.0998. The van der Waals surface area contributed by atoms with Gasteiger partial charge in [-0.1, -0.05) is 50.1 Å². The Morgan fingerprint density at radius 1 is 1.06 bits per heavy atom. The predicted octanol–water partition coefficient (Wildman–Crippen LogP) is 5.69. The molecule has 2 aliphatic carbocycles. The standard InChI is InChI=1S/C27H37ClN6O/c1-33-26(35)24(13-10-18-6-3-2-4-7-18)34(27(33)29)17-19-8-5-9-21(14-19)31-25-16-30-23-15-20(28)11-12-22(23)32-25/h11-12,15-16,18-19,21,24,29H,2-10,13-14,17H2,1H3,(H,31,32)/t19-,21+,24-/m0/s1. The van der Waals surface area contributed by atoms with Crippen LogP contribution < -0.4 is 5.32 Å².